The van der Waals surface area contributed by atoms with Crippen molar-refractivity contribution in [1.82, 2.24) is 0 Å². The highest BCUT2D eigenvalue weighted by molar-refractivity contribution is 5.71. The fraction of sp³-hybridized carbons (Fsp3) is 0.961. The minimum Gasteiger partial charge on any atom is -0.462 e. The van der Waals surface area contributed by atoms with Gasteiger partial charge in [0.05, 0.1) is 0 Å². The highest BCUT2D eigenvalue weighted by Crippen LogP contribution is 2.20. The highest BCUT2D eigenvalue weighted by Gasteiger charge is 2.20. The lowest BCUT2D eigenvalue weighted by atomic mass is 10.0. The van der Waals surface area contributed by atoms with E-state index in [1.165, 1.54) is 353 Å². The lowest BCUT2D eigenvalue weighted by Gasteiger charge is -2.18. The first-order valence-corrected chi connectivity index (χ1v) is 38.0. The van der Waals surface area contributed by atoms with E-state index in [1.54, 1.807) is 0 Å². The number of ether oxygens (including phenoxy) is 3. The van der Waals surface area contributed by atoms with Crippen LogP contribution in [0.5, 0.6) is 0 Å². The Hall–Kier alpha value is -1.59. The number of carbonyl (C=O) groups is 3. The second-order valence-corrected chi connectivity index (χ2v) is 26.3. The van der Waals surface area contributed by atoms with Crippen LogP contribution < -0.4 is 0 Å². The molecule has 0 saturated heterocycles. The van der Waals surface area contributed by atoms with Crippen LogP contribution in [0, 0.1) is 0 Å². The molecular weight excluding hydrogens is 1010 g/mol. The van der Waals surface area contributed by atoms with Gasteiger partial charge in [0.15, 0.2) is 6.10 Å². The Bertz CT molecular complexity index is 1240. The van der Waals surface area contributed by atoms with Gasteiger partial charge in [0.1, 0.15) is 13.2 Å². The molecule has 1 atom stereocenters. The van der Waals surface area contributed by atoms with Crippen LogP contribution in [0.25, 0.3) is 0 Å². The molecule has 0 aliphatic heterocycles. The molecule has 0 aliphatic rings. The van der Waals surface area contributed by atoms with Crippen molar-refractivity contribution < 1.29 is 28.6 Å². The molecule has 0 rings (SSSR count). The van der Waals surface area contributed by atoms with Crippen molar-refractivity contribution in [1.29, 1.82) is 0 Å². The molecule has 6 heteroatoms. The lowest BCUT2D eigenvalue weighted by molar-refractivity contribution is -0.167. The molecule has 0 spiro atoms. The summed E-state index contributed by atoms with van der Waals surface area (Å²) in [5, 5.41) is 0. The second kappa shape index (κ2) is 71.9. The Kier molecular flexibility index (Phi) is 70.5. The summed E-state index contributed by atoms with van der Waals surface area (Å²) >= 11 is 0. The first-order chi connectivity index (χ1) is 40.5. The number of rotatable bonds is 72. The highest BCUT2D eigenvalue weighted by atomic mass is 16.6. The van der Waals surface area contributed by atoms with Crippen LogP contribution in [-0.4, -0.2) is 37.2 Å². The van der Waals surface area contributed by atoms with Gasteiger partial charge in [-0.25, -0.2) is 0 Å². The third-order valence-electron chi connectivity index (χ3n) is 17.9. The van der Waals surface area contributed by atoms with E-state index in [0.29, 0.717) is 19.3 Å². The summed E-state index contributed by atoms with van der Waals surface area (Å²) < 4.78 is 17.1. The summed E-state index contributed by atoms with van der Waals surface area (Å²) in [7, 11) is 0. The Morgan fingerprint density at radius 2 is 0.329 bits per heavy atom. The van der Waals surface area contributed by atoms with E-state index in [1.807, 2.05) is 0 Å². The Balaban J connectivity index is 4.23. The predicted octanol–water partition coefficient (Wildman–Crippen LogP) is 26.2. The molecule has 0 amide bonds. The molecule has 0 radical (unpaired) electrons. The summed E-state index contributed by atoms with van der Waals surface area (Å²) in [4.78, 5) is 38.6. The third kappa shape index (κ3) is 69.2. The molecule has 82 heavy (non-hydrogen) atoms. The van der Waals surface area contributed by atoms with E-state index in [-0.39, 0.29) is 31.1 Å². The number of hydrogen-bond donors (Lipinski definition) is 0. The average Bonchev–Trinajstić information content (AvgIpc) is 3.47. The molecule has 0 bridgehead atoms. The first kappa shape index (κ1) is 80.4. The first-order valence-electron chi connectivity index (χ1n) is 38.0. The van der Waals surface area contributed by atoms with Crippen molar-refractivity contribution in [3.05, 3.63) is 0 Å². The van der Waals surface area contributed by atoms with Gasteiger partial charge in [-0.15, -0.1) is 0 Å². The van der Waals surface area contributed by atoms with E-state index in [9.17, 15) is 14.4 Å². The van der Waals surface area contributed by atoms with Crippen molar-refractivity contribution in [3.8, 4) is 0 Å². The minimum atomic E-state index is -0.764. The Morgan fingerprint density at radius 3 is 0.488 bits per heavy atom. The van der Waals surface area contributed by atoms with Crippen LogP contribution in [0.15, 0.2) is 0 Å². The molecule has 0 N–H and O–H groups in total. The maximum Gasteiger partial charge on any atom is 0.306 e. The van der Waals surface area contributed by atoms with Gasteiger partial charge in [-0.1, -0.05) is 412 Å². The van der Waals surface area contributed by atoms with Crippen LogP contribution in [0.2, 0.25) is 0 Å². The summed E-state index contributed by atoms with van der Waals surface area (Å²) in [6, 6.07) is 0. The molecule has 1 unspecified atom stereocenters. The van der Waals surface area contributed by atoms with Crippen LogP contribution >= 0.6 is 0 Å². The SMILES string of the molecule is CCCCCCCCCCCCCCCCCCCCCCCCCCCC(=O)OCC(COC(=O)CCCCCCCCCCCCCCCCCCC)OC(=O)CCCCCCCCCCCCCCCCCCCCCCCC. The molecule has 0 aliphatic carbocycles. The number of carbonyl (C=O) groups excluding carboxylic acids is 3. The van der Waals surface area contributed by atoms with Crippen molar-refractivity contribution in [2.24, 2.45) is 0 Å². The van der Waals surface area contributed by atoms with Crippen LogP contribution in [-0.2, 0) is 28.6 Å². The van der Waals surface area contributed by atoms with E-state index < -0.39 is 6.10 Å². The zero-order chi connectivity index (χ0) is 59.2. The van der Waals surface area contributed by atoms with Crippen molar-refractivity contribution in [2.75, 3.05) is 13.2 Å². The summed E-state index contributed by atoms with van der Waals surface area (Å²) in [5.74, 6) is -0.813. The standard InChI is InChI=1S/C76H148O6/c1-4-7-10-13-16-19-22-25-28-31-33-35-37-38-39-41-42-45-48-51-54-57-60-63-66-69-75(78)81-72-73(71-80-74(77)68-65-62-59-56-53-50-47-44-30-27-24-21-18-15-12-9-6-3)82-76(79)70-67-64-61-58-55-52-49-46-43-40-36-34-32-29-26-23-20-17-14-11-8-5-2/h73H,4-72H2,1-3H3. The van der Waals surface area contributed by atoms with Gasteiger partial charge in [0.25, 0.3) is 0 Å². The van der Waals surface area contributed by atoms with Crippen LogP contribution in [0.4, 0.5) is 0 Å². The molecule has 0 aromatic heterocycles. The molecule has 0 aromatic rings. The van der Waals surface area contributed by atoms with Crippen LogP contribution in [0.1, 0.15) is 451 Å². The molecule has 0 aromatic carbocycles. The van der Waals surface area contributed by atoms with Crippen molar-refractivity contribution >= 4 is 17.9 Å². The maximum atomic E-state index is 13.0. The van der Waals surface area contributed by atoms with Gasteiger partial charge in [0, 0.05) is 19.3 Å². The quantitative estimate of drug-likeness (QED) is 0.0343. The van der Waals surface area contributed by atoms with Gasteiger partial charge in [0.2, 0.25) is 0 Å². The zero-order valence-electron chi connectivity index (χ0n) is 56.3. The molecule has 0 heterocycles. The average molecular weight is 1160 g/mol. The molecular formula is C76H148O6. The number of unbranched alkanes of at least 4 members (excludes halogenated alkanes) is 61. The normalized spacial score (nSPS) is 11.9. The minimum absolute atomic E-state index is 0.0597. The maximum absolute atomic E-state index is 13.0. The number of hydrogen-bond acceptors (Lipinski definition) is 6. The zero-order valence-corrected chi connectivity index (χ0v) is 56.3. The third-order valence-corrected chi connectivity index (χ3v) is 17.9. The van der Waals surface area contributed by atoms with Gasteiger partial charge in [-0.2, -0.15) is 0 Å². The van der Waals surface area contributed by atoms with Gasteiger partial charge < -0.3 is 14.2 Å². The Labute approximate surface area is 514 Å². The monoisotopic (exact) mass is 1160 g/mol. The predicted molar refractivity (Wildman–Crippen MR) is 358 cm³/mol. The fourth-order valence-corrected chi connectivity index (χ4v) is 12.2. The van der Waals surface area contributed by atoms with E-state index in [4.69, 9.17) is 14.2 Å². The second-order valence-electron chi connectivity index (χ2n) is 26.3. The largest absolute Gasteiger partial charge is 0.462 e. The van der Waals surface area contributed by atoms with Crippen LogP contribution in [0.3, 0.4) is 0 Å². The molecule has 488 valence electrons. The molecule has 0 fully saturated rings. The summed E-state index contributed by atoms with van der Waals surface area (Å²) in [6.45, 7) is 6.76. The van der Waals surface area contributed by atoms with E-state index >= 15 is 0 Å². The summed E-state index contributed by atoms with van der Waals surface area (Å²) in [5.41, 5.74) is 0. The fourth-order valence-electron chi connectivity index (χ4n) is 12.2. The van der Waals surface area contributed by atoms with Gasteiger partial charge in [-0.05, 0) is 19.3 Å². The summed E-state index contributed by atoms with van der Waals surface area (Å²) in [6.07, 6.45) is 85.8. The number of esters is 3. The lowest BCUT2D eigenvalue weighted by Crippen LogP contribution is -2.30. The molecule has 6 nitrogen and oxygen atoms in total. The topological polar surface area (TPSA) is 78.9 Å². The van der Waals surface area contributed by atoms with Crippen molar-refractivity contribution in [3.63, 3.8) is 0 Å². The Morgan fingerprint density at radius 1 is 0.195 bits per heavy atom. The van der Waals surface area contributed by atoms with E-state index in [0.717, 1.165) is 57.8 Å². The molecule has 0 saturated carbocycles. The van der Waals surface area contributed by atoms with E-state index in [2.05, 4.69) is 20.8 Å². The smallest absolute Gasteiger partial charge is 0.306 e. The van der Waals surface area contributed by atoms with Gasteiger partial charge >= 0.3 is 17.9 Å². The van der Waals surface area contributed by atoms with Crippen molar-refractivity contribution in [2.45, 2.75) is 457 Å². The van der Waals surface area contributed by atoms with Gasteiger partial charge in [-0.3, -0.25) is 14.4 Å².